The third-order valence-corrected chi connectivity index (χ3v) is 4.90. The van der Waals surface area contributed by atoms with Gasteiger partial charge in [0.1, 0.15) is 0 Å². The number of amides is 1. The van der Waals surface area contributed by atoms with E-state index in [-0.39, 0.29) is 11.3 Å². The summed E-state index contributed by atoms with van der Waals surface area (Å²) in [5.41, 5.74) is 2.80. The lowest BCUT2D eigenvalue weighted by molar-refractivity contribution is -0.125. The Morgan fingerprint density at radius 2 is 1.91 bits per heavy atom. The van der Waals surface area contributed by atoms with Crippen molar-refractivity contribution in [2.45, 2.75) is 46.1 Å². The molecule has 1 atom stereocenters. The van der Waals surface area contributed by atoms with Gasteiger partial charge in [-0.2, -0.15) is 0 Å². The highest BCUT2D eigenvalue weighted by molar-refractivity contribution is 5.98. The molecule has 0 saturated carbocycles. The number of rotatable bonds is 3. The van der Waals surface area contributed by atoms with Crippen molar-refractivity contribution in [3.05, 3.63) is 29.3 Å². The summed E-state index contributed by atoms with van der Waals surface area (Å²) in [4.78, 5) is 16.8. The smallest absolute Gasteiger partial charge is 0.232 e. The third-order valence-electron chi connectivity index (χ3n) is 4.90. The molecule has 2 aliphatic rings. The summed E-state index contributed by atoms with van der Waals surface area (Å²) in [5.74, 6) is 0.168. The molecule has 0 aliphatic carbocycles. The normalized spacial score (nSPS) is 19.9. The maximum absolute atomic E-state index is 12.5. The zero-order chi connectivity index (χ0) is 16.6. The van der Waals surface area contributed by atoms with Gasteiger partial charge in [0.25, 0.3) is 0 Å². The van der Waals surface area contributed by atoms with Crippen LogP contribution in [-0.4, -0.2) is 42.1 Å². The number of β-amino-alcohol motifs (C(OH)–C–C–N with tert-alkyl or cyclic N) is 1. The van der Waals surface area contributed by atoms with E-state index in [1.165, 1.54) is 18.4 Å². The first kappa shape index (κ1) is 16.5. The molecule has 0 spiro atoms. The minimum Gasteiger partial charge on any atom is -0.387 e. The van der Waals surface area contributed by atoms with Gasteiger partial charge in [0.2, 0.25) is 5.91 Å². The van der Waals surface area contributed by atoms with Crippen molar-refractivity contribution in [1.29, 1.82) is 0 Å². The van der Waals surface area contributed by atoms with E-state index in [4.69, 9.17) is 0 Å². The fourth-order valence-corrected chi connectivity index (χ4v) is 3.56. The fraction of sp³-hybridized carbons (Fsp3) is 0.632. The molecule has 1 unspecified atom stereocenters. The second-order valence-corrected chi connectivity index (χ2v) is 7.87. The largest absolute Gasteiger partial charge is 0.387 e. The fourth-order valence-electron chi connectivity index (χ4n) is 3.56. The quantitative estimate of drug-likeness (QED) is 0.932. The number of likely N-dealkylation sites (tertiary alicyclic amines) is 1. The molecule has 4 nitrogen and oxygen atoms in total. The Labute approximate surface area is 139 Å². The molecule has 1 aromatic carbocycles. The van der Waals surface area contributed by atoms with Crippen molar-refractivity contribution >= 4 is 11.6 Å². The van der Waals surface area contributed by atoms with Gasteiger partial charge < -0.3 is 14.9 Å². The number of hydrogen-bond donors (Lipinski definition) is 1. The molecule has 0 radical (unpaired) electrons. The Morgan fingerprint density at radius 1 is 1.22 bits per heavy atom. The van der Waals surface area contributed by atoms with Gasteiger partial charge in [-0.25, -0.2) is 0 Å². The lowest BCUT2D eigenvalue weighted by Gasteiger charge is -2.26. The minimum atomic E-state index is -0.439. The molecule has 0 aromatic heterocycles. The molecule has 4 heteroatoms. The van der Waals surface area contributed by atoms with Crippen LogP contribution in [0.25, 0.3) is 0 Å². The summed E-state index contributed by atoms with van der Waals surface area (Å²) in [6.07, 6.45) is 2.91. The molecule has 126 valence electrons. The molecule has 0 bridgehead atoms. The second-order valence-electron chi connectivity index (χ2n) is 7.87. The average Bonchev–Trinajstić information content (AvgIpc) is 3.13. The van der Waals surface area contributed by atoms with E-state index in [9.17, 15) is 9.90 Å². The number of carbonyl (C=O) groups is 1. The summed E-state index contributed by atoms with van der Waals surface area (Å²) < 4.78 is 0. The number of anilines is 1. The summed E-state index contributed by atoms with van der Waals surface area (Å²) in [7, 11) is 0. The van der Waals surface area contributed by atoms with Gasteiger partial charge in [0.15, 0.2) is 0 Å². The second kappa shape index (κ2) is 6.25. The molecule has 23 heavy (non-hydrogen) atoms. The third kappa shape index (κ3) is 3.43. The Hall–Kier alpha value is -1.39. The first-order valence-electron chi connectivity index (χ1n) is 8.71. The van der Waals surface area contributed by atoms with Crippen LogP contribution in [0.4, 0.5) is 5.69 Å². The maximum Gasteiger partial charge on any atom is 0.232 e. The van der Waals surface area contributed by atoms with Gasteiger partial charge in [-0.1, -0.05) is 32.9 Å². The number of carbonyl (C=O) groups excluding carboxylic acids is 1. The van der Waals surface area contributed by atoms with Crippen molar-refractivity contribution < 1.29 is 9.90 Å². The maximum atomic E-state index is 12.5. The van der Waals surface area contributed by atoms with Crippen molar-refractivity contribution in [2.75, 3.05) is 31.1 Å². The number of fused-ring (bicyclic) bond motifs is 1. The van der Waals surface area contributed by atoms with Gasteiger partial charge in [0, 0.05) is 24.2 Å². The van der Waals surface area contributed by atoms with Crippen LogP contribution < -0.4 is 4.90 Å². The van der Waals surface area contributed by atoms with Crippen LogP contribution in [0, 0.1) is 5.41 Å². The molecule has 1 amide bonds. The van der Waals surface area contributed by atoms with E-state index >= 15 is 0 Å². The predicted octanol–water partition coefficient (Wildman–Crippen LogP) is 2.75. The number of benzene rings is 1. The van der Waals surface area contributed by atoms with E-state index in [1.54, 1.807) is 0 Å². The molecule has 3 rings (SSSR count). The average molecular weight is 316 g/mol. The standard InChI is InChI=1S/C19H28N2O2/c1-19(2,3)18(23)21-11-8-14-12-15(6-7-16(14)21)17(22)13-20-9-4-5-10-20/h6-7,12,17,22H,4-5,8-11,13H2,1-3H3. The van der Waals surface area contributed by atoms with E-state index in [0.717, 1.165) is 37.3 Å². The Bertz CT molecular complexity index is 586. The monoisotopic (exact) mass is 316 g/mol. The number of nitrogens with zero attached hydrogens (tertiary/aromatic N) is 2. The van der Waals surface area contributed by atoms with Crippen LogP contribution in [0.15, 0.2) is 18.2 Å². The lowest BCUT2D eigenvalue weighted by Crippen LogP contribution is -2.38. The van der Waals surface area contributed by atoms with Crippen molar-refractivity contribution in [3.63, 3.8) is 0 Å². The Balaban J connectivity index is 1.74. The van der Waals surface area contributed by atoms with Gasteiger partial charge in [-0.05, 0) is 49.5 Å². The summed E-state index contributed by atoms with van der Waals surface area (Å²) in [6, 6.07) is 6.08. The zero-order valence-electron chi connectivity index (χ0n) is 14.5. The van der Waals surface area contributed by atoms with Gasteiger partial charge >= 0.3 is 0 Å². The summed E-state index contributed by atoms with van der Waals surface area (Å²) in [5, 5.41) is 10.5. The lowest BCUT2D eigenvalue weighted by atomic mass is 9.94. The van der Waals surface area contributed by atoms with Crippen molar-refractivity contribution in [2.24, 2.45) is 5.41 Å². The van der Waals surface area contributed by atoms with E-state index < -0.39 is 6.10 Å². The first-order chi connectivity index (χ1) is 10.9. The van der Waals surface area contributed by atoms with E-state index in [2.05, 4.69) is 11.0 Å². The molecule has 1 N–H and O–H groups in total. The molecule has 1 saturated heterocycles. The Morgan fingerprint density at radius 3 is 2.57 bits per heavy atom. The molecule has 1 fully saturated rings. The van der Waals surface area contributed by atoms with E-state index in [0.29, 0.717) is 6.54 Å². The number of aliphatic hydroxyl groups excluding tert-OH is 1. The molecular weight excluding hydrogens is 288 g/mol. The Kier molecular flexibility index (Phi) is 4.47. The highest BCUT2D eigenvalue weighted by Crippen LogP contribution is 2.33. The topological polar surface area (TPSA) is 43.8 Å². The molecule has 2 heterocycles. The van der Waals surface area contributed by atoms with Crippen LogP contribution in [0.5, 0.6) is 0 Å². The molecule has 1 aromatic rings. The van der Waals surface area contributed by atoms with Crippen LogP contribution in [0.1, 0.15) is 50.8 Å². The predicted molar refractivity (Wildman–Crippen MR) is 92.6 cm³/mol. The number of hydrogen-bond acceptors (Lipinski definition) is 3. The SMILES string of the molecule is CC(C)(C)C(=O)N1CCc2cc(C(O)CN3CCCC3)ccc21. The first-order valence-corrected chi connectivity index (χ1v) is 8.71. The zero-order valence-corrected chi connectivity index (χ0v) is 14.5. The van der Waals surface area contributed by atoms with Gasteiger partial charge in [-0.15, -0.1) is 0 Å². The molecular formula is C19H28N2O2. The van der Waals surface area contributed by atoms with Gasteiger partial charge in [0.05, 0.1) is 6.10 Å². The van der Waals surface area contributed by atoms with Crippen molar-refractivity contribution in [1.82, 2.24) is 4.90 Å². The summed E-state index contributed by atoms with van der Waals surface area (Å²) in [6.45, 7) is 9.52. The molecule has 2 aliphatic heterocycles. The summed E-state index contributed by atoms with van der Waals surface area (Å²) >= 11 is 0. The van der Waals surface area contributed by atoms with Crippen LogP contribution in [0.3, 0.4) is 0 Å². The van der Waals surface area contributed by atoms with Crippen LogP contribution in [0.2, 0.25) is 0 Å². The number of aliphatic hydroxyl groups is 1. The van der Waals surface area contributed by atoms with Gasteiger partial charge in [-0.3, -0.25) is 4.79 Å². The minimum absolute atomic E-state index is 0.168. The van der Waals surface area contributed by atoms with Crippen molar-refractivity contribution in [3.8, 4) is 0 Å². The highest BCUT2D eigenvalue weighted by Gasteiger charge is 2.32. The highest BCUT2D eigenvalue weighted by atomic mass is 16.3. The van der Waals surface area contributed by atoms with Crippen LogP contribution >= 0.6 is 0 Å². The van der Waals surface area contributed by atoms with Crippen LogP contribution in [-0.2, 0) is 11.2 Å². The van der Waals surface area contributed by atoms with E-state index in [1.807, 2.05) is 37.8 Å².